The molecule has 5 rings (SSSR count). The summed E-state index contributed by atoms with van der Waals surface area (Å²) in [6.45, 7) is 0.899. The molecule has 172 valence electrons. The Bertz CT molecular complexity index is 1110. The Morgan fingerprint density at radius 1 is 1.06 bits per heavy atom. The predicted molar refractivity (Wildman–Crippen MR) is 127 cm³/mol. The molecule has 1 N–H and O–H groups in total. The van der Waals surface area contributed by atoms with E-state index >= 15 is 0 Å². The Morgan fingerprint density at radius 2 is 1.88 bits per heavy atom. The van der Waals surface area contributed by atoms with Crippen molar-refractivity contribution in [1.82, 2.24) is 20.1 Å². The number of nitrogens with one attached hydrogen (secondary N) is 1. The number of thioether (sulfide) groups is 1. The van der Waals surface area contributed by atoms with E-state index in [1.807, 2.05) is 48.5 Å². The highest BCUT2D eigenvalue weighted by Crippen LogP contribution is 2.46. The Labute approximate surface area is 197 Å². The average molecular weight is 465 g/mol. The summed E-state index contributed by atoms with van der Waals surface area (Å²) < 4.78 is 13.7. The van der Waals surface area contributed by atoms with Crippen molar-refractivity contribution in [3.05, 3.63) is 65.5 Å². The number of carbonyl (C=O) groups excluding carboxylic acids is 1. The zero-order valence-corrected chi connectivity index (χ0v) is 19.5. The van der Waals surface area contributed by atoms with Crippen molar-refractivity contribution in [3.8, 4) is 11.5 Å². The summed E-state index contributed by atoms with van der Waals surface area (Å²) in [5, 5.41) is 12.6. The fraction of sp³-hybridized carbons (Fsp3) is 0.400. The van der Waals surface area contributed by atoms with E-state index in [-0.39, 0.29) is 5.91 Å². The van der Waals surface area contributed by atoms with Crippen molar-refractivity contribution in [1.29, 1.82) is 0 Å². The smallest absolute Gasteiger partial charge is 0.230 e. The van der Waals surface area contributed by atoms with E-state index in [0.29, 0.717) is 42.4 Å². The number of ether oxygens (including phenoxy) is 2. The van der Waals surface area contributed by atoms with E-state index in [4.69, 9.17) is 9.47 Å². The maximum absolute atomic E-state index is 12.5. The lowest BCUT2D eigenvalue weighted by Crippen LogP contribution is -2.24. The van der Waals surface area contributed by atoms with E-state index in [0.717, 1.165) is 22.1 Å². The van der Waals surface area contributed by atoms with Crippen molar-refractivity contribution in [2.75, 3.05) is 12.9 Å². The molecular weight excluding hydrogens is 436 g/mol. The second-order valence-electron chi connectivity index (χ2n) is 8.54. The fourth-order valence-electron chi connectivity index (χ4n) is 3.74. The van der Waals surface area contributed by atoms with Gasteiger partial charge in [-0.3, -0.25) is 4.79 Å². The number of amides is 1. The van der Waals surface area contributed by atoms with Gasteiger partial charge in [-0.1, -0.05) is 48.2 Å². The summed E-state index contributed by atoms with van der Waals surface area (Å²) in [4.78, 5) is 12.5. The lowest BCUT2D eigenvalue weighted by molar-refractivity contribution is -0.118. The highest BCUT2D eigenvalue weighted by atomic mass is 32.2. The number of carbonyl (C=O) groups is 1. The van der Waals surface area contributed by atoms with Gasteiger partial charge in [0, 0.05) is 18.5 Å². The first-order chi connectivity index (χ1) is 16.2. The summed E-state index contributed by atoms with van der Waals surface area (Å²) in [6.07, 6.45) is 4.78. The van der Waals surface area contributed by atoms with Crippen LogP contribution in [0.5, 0.6) is 11.5 Å². The molecule has 3 aromatic rings. The first-order valence-electron chi connectivity index (χ1n) is 11.4. The molecule has 2 fully saturated rings. The van der Waals surface area contributed by atoms with Gasteiger partial charge in [-0.25, -0.2) is 0 Å². The van der Waals surface area contributed by atoms with Gasteiger partial charge >= 0.3 is 0 Å². The zero-order valence-electron chi connectivity index (χ0n) is 18.7. The standard InChI is InChI=1S/C25H28N4O3S/c1-31-22-13-18(7-12-21(22)32-15-17-5-3-2-4-6-17)14-26-23(30)16-33-25-28-27-24(19-8-9-19)29(25)20-10-11-20/h2-7,12-13,19-20H,8-11,14-16H2,1H3,(H,26,30). The minimum Gasteiger partial charge on any atom is -0.493 e. The number of rotatable bonds is 11. The molecule has 1 aromatic heterocycles. The van der Waals surface area contributed by atoms with Crippen LogP contribution in [0.25, 0.3) is 0 Å². The van der Waals surface area contributed by atoms with Crippen LogP contribution in [-0.4, -0.2) is 33.5 Å². The summed E-state index contributed by atoms with van der Waals surface area (Å²) in [6, 6.07) is 16.3. The van der Waals surface area contributed by atoms with Gasteiger partial charge in [0.15, 0.2) is 16.7 Å². The SMILES string of the molecule is COc1cc(CNC(=O)CSc2nnc(C3CC3)n2C2CC2)ccc1OCc1ccccc1. The normalized spacial score (nSPS) is 15.3. The Morgan fingerprint density at radius 3 is 2.61 bits per heavy atom. The molecule has 7 nitrogen and oxygen atoms in total. The predicted octanol–water partition coefficient (Wildman–Crippen LogP) is 4.49. The van der Waals surface area contributed by atoms with Crippen LogP contribution < -0.4 is 14.8 Å². The van der Waals surface area contributed by atoms with E-state index in [9.17, 15) is 4.79 Å². The van der Waals surface area contributed by atoms with Crippen molar-refractivity contribution in [2.45, 2.75) is 56.0 Å². The molecule has 2 aromatic carbocycles. The van der Waals surface area contributed by atoms with Gasteiger partial charge in [0.1, 0.15) is 12.4 Å². The van der Waals surface area contributed by atoms with Crippen molar-refractivity contribution in [2.24, 2.45) is 0 Å². The lowest BCUT2D eigenvalue weighted by atomic mass is 10.2. The van der Waals surface area contributed by atoms with Crippen LogP contribution in [0.1, 0.15) is 54.6 Å². The van der Waals surface area contributed by atoms with E-state index in [1.54, 1.807) is 7.11 Å². The number of benzene rings is 2. The summed E-state index contributed by atoms with van der Waals surface area (Å²) in [5.74, 6) is 3.31. The highest BCUT2D eigenvalue weighted by Gasteiger charge is 2.36. The van der Waals surface area contributed by atoms with E-state index in [1.165, 1.54) is 37.4 Å². The van der Waals surface area contributed by atoms with Crippen molar-refractivity contribution < 1.29 is 14.3 Å². The topological polar surface area (TPSA) is 78.3 Å². The summed E-state index contributed by atoms with van der Waals surface area (Å²) >= 11 is 1.47. The van der Waals surface area contributed by atoms with Gasteiger partial charge < -0.3 is 19.4 Å². The maximum atomic E-state index is 12.5. The molecule has 2 aliphatic rings. The monoisotopic (exact) mass is 464 g/mol. The largest absolute Gasteiger partial charge is 0.493 e. The van der Waals surface area contributed by atoms with Crippen LogP contribution in [0.2, 0.25) is 0 Å². The van der Waals surface area contributed by atoms with Gasteiger partial charge in [0.25, 0.3) is 0 Å². The molecule has 0 bridgehead atoms. The quantitative estimate of drug-likeness (QED) is 0.422. The first kappa shape index (κ1) is 21.8. The summed E-state index contributed by atoms with van der Waals surface area (Å²) in [5.41, 5.74) is 2.05. The lowest BCUT2D eigenvalue weighted by Gasteiger charge is -2.13. The third kappa shape index (κ3) is 5.50. The third-order valence-corrected chi connectivity index (χ3v) is 6.78. The zero-order chi connectivity index (χ0) is 22.6. The second kappa shape index (κ2) is 9.87. The number of hydrogen-bond acceptors (Lipinski definition) is 6. The van der Waals surface area contributed by atoms with Crippen LogP contribution in [-0.2, 0) is 17.9 Å². The van der Waals surface area contributed by atoms with Crippen LogP contribution in [0.3, 0.4) is 0 Å². The Balaban J connectivity index is 1.13. The molecule has 33 heavy (non-hydrogen) atoms. The minimum absolute atomic E-state index is 0.0262. The molecule has 2 aliphatic carbocycles. The van der Waals surface area contributed by atoms with Gasteiger partial charge in [0.05, 0.1) is 12.9 Å². The van der Waals surface area contributed by atoms with Crippen LogP contribution >= 0.6 is 11.8 Å². The third-order valence-electron chi connectivity index (χ3n) is 5.83. The number of hydrogen-bond donors (Lipinski definition) is 1. The van der Waals surface area contributed by atoms with Crippen LogP contribution in [0.15, 0.2) is 53.7 Å². The van der Waals surface area contributed by atoms with E-state index in [2.05, 4.69) is 20.1 Å². The second-order valence-corrected chi connectivity index (χ2v) is 9.48. The molecular formula is C25H28N4O3S. The average Bonchev–Trinajstić information content (AvgIpc) is 3.79. The van der Waals surface area contributed by atoms with Gasteiger partial charge in [-0.2, -0.15) is 0 Å². The number of methoxy groups -OCH3 is 1. The molecule has 0 radical (unpaired) electrons. The molecule has 0 spiro atoms. The van der Waals surface area contributed by atoms with Crippen LogP contribution in [0, 0.1) is 0 Å². The molecule has 1 heterocycles. The van der Waals surface area contributed by atoms with Gasteiger partial charge in [0.2, 0.25) is 5.91 Å². The Hall–Kier alpha value is -3.00. The summed E-state index contributed by atoms with van der Waals surface area (Å²) in [7, 11) is 1.62. The maximum Gasteiger partial charge on any atom is 0.230 e. The first-order valence-corrected chi connectivity index (χ1v) is 12.4. The molecule has 8 heteroatoms. The molecule has 0 unspecified atom stereocenters. The molecule has 0 atom stereocenters. The van der Waals surface area contributed by atoms with Crippen molar-refractivity contribution >= 4 is 17.7 Å². The molecule has 0 saturated heterocycles. The Kier molecular flexibility index (Phi) is 6.53. The molecule has 2 saturated carbocycles. The minimum atomic E-state index is -0.0262. The molecule has 1 amide bonds. The number of aromatic nitrogens is 3. The fourth-order valence-corrected chi connectivity index (χ4v) is 4.58. The molecule has 0 aliphatic heterocycles. The number of nitrogens with zero attached hydrogens (tertiary/aromatic N) is 3. The van der Waals surface area contributed by atoms with Crippen LogP contribution in [0.4, 0.5) is 0 Å². The highest BCUT2D eigenvalue weighted by molar-refractivity contribution is 7.99. The van der Waals surface area contributed by atoms with E-state index < -0.39 is 0 Å². The van der Waals surface area contributed by atoms with Gasteiger partial charge in [-0.05, 0) is 48.9 Å². The van der Waals surface area contributed by atoms with Crippen molar-refractivity contribution in [3.63, 3.8) is 0 Å². The van der Waals surface area contributed by atoms with Gasteiger partial charge in [-0.15, -0.1) is 10.2 Å².